The summed E-state index contributed by atoms with van der Waals surface area (Å²) >= 11 is 1.96. The van der Waals surface area contributed by atoms with Crippen molar-refractivity contribution in [2.45, 2.75) is 58.8 Å². The van der Waals surface area contributed by atoms with Crippen LogP contribution in [0.5, 0.6) is 0 Å². The summed E-state index contributed by atoms with van der Waals surface area (Å²) in [7, 11) is 0. The third-order valence-corrected chi connectivity index (χ3v) is 4.10. The van der Waals surface area contributed by atoms with Crippen molar-refractivity contribution in [1.82, 2.24) is 5.32 Å². The monoisotopic (exact) mass is 247 g/mol. The van der Waals surface area contributed by atoms with Gasteiger partial charge in [-0.25, -0.2) is 0 Å². The molecule has 0 saturated carbocycles. The molecule has 0 aromatic carbocycles. The van der Waals surface area contributed by atoms with Crippen LogP contribution >= 0.6 is 11.8 Å². The van der Waals surface area contributed by atoms with Crippen molar-refractivity contribution in [3.05, 3.63) is 0 Å². The maximum absolute atomic E-state index is 8.87. The lowest BCUT2D eigenvalue weighted by atomic mass is 9.88. The summed E-state index contributed by atoms with van der Waals surface area (Å²) in [6.45, 7) is 12.7. The third kappa shape index (κ3) is 7.53. The summed E-state index contributed by atoms with van der Waals surface area (Å²) in [5, 5.41) is 13.1. The average Bonchev–Trinajstić information content (AvgIpc) is 2.16. The van der Waals surface area contributed by atoms with Crippen LogP contribution in [0.3, 0.4) is 0 Å². The number of thioether (sulfide) groups is 1. The fourth-order valence-electron chi connectivity index (χ4n) is 1.46. The molecule has 0 spiro atoms. The van der Waals surface area contributed by atoms with Gasteiger partial charge in [-0.05, 0) is 24.8 Å². The molecule has 0 fully saturated rings. The fourth-order valence-corrected chi connectivity index (χ4v) is 2.87. The minimum Gasteiger partial charge on any atom is -0.396 e. The molecular weight excluding hydrogens is 218 g/mol. The highest BCUT2D eigenvalue weighted by Crippen LogP contribution is 2.25. The molecule has 2 unspecified atom stereocenters. The highest BCUT2D eigenvalue weighted by atomic mass is 32.2. The Bertz CT molecular complexity index is 168. The van der Waals surface area contributed by atoms with Crippen LogP contribution in [0, 0.1) is 5.41 Å². The van der Waals surface area contributed by atoms with Gasteiger partial charge in [0, 0.05) is 23.7 Å². The Morgan fingerprint density at radius 3 is 2.38 bits per heavy atom. The SMILES string of the molecule is CCCNC(CSC(C)CCO)C(C)(C)C. The normalized spacial score (nSPS) is 16.1. The van der Waals surface area contributed by atoms with Crippen LogP contribution in [0.25, 0.3) is 0 Å². The largest absolute Gasteiger partial charge is 0.396 e. The van der Waals surface area contributed by atoms with E-state index >= 15 is 0 Å². The summed E-state index contributed by atoms with van der Waals surface area (Å²) in [6, 6.07) is 0.554. The summed E-state index contributed by atoms with van der Waals surface area (Å²) in [5.41, 5.74) is 0.307. The zero-order valence-corrected chi connectivity index (χ0v) is 12.4. The van der Waals surface area contributed by atoms with Crippen LogP contribution in [0.1, 0.15) is 47.5 Å². The van der Waals surface area contributed by atoms with Gasteiger partial charge in [-0.15, -0.1) is 0 Å². The second-order valence-electron chi connectivity index (χ2n) is 5.53. The van der Waals surface area contributed by atoms with E-state index in [1.54, 1.807) is 0 Å². The van der Waals surface area contributed by atoms with Crippen molar-refractivity contribution in [3.63, 3.8) is 0 Å². The van der Waals surface area contributed by atoms with Crippen molar-refractivity contribution in [2.75, 3.05) is 18.9 Å². The zero-order chi connectivity index (χ0) is 12.6. The van der Waals surface area contributed by atoms with Gasteiger partial charge in [-0.3, -0.25) is 0 Å². The van der Waals surface area contributed by atoms with Gasteiger partial charge in [0.15, 0.2) is 0 Å². The van der Waals surface area contributed by atoms with E-state index in [0.717, 1.165) is 18.7 Å². The lowest BCUT2D eigenvalue weighted by molar-refractivity contribution is 0.286. The zero-order valence-electron chi connectivity index (χ0n) is 11.5. The summed E-state index contributed by atoms with van der Waals surface area (Å²) < 4.78 is 0. The van der Waals surface area contributed by atoms with E-state index in [0.29, 0.717) is 23.3 Å². The second-order valence-corrected chi connectivity index (χ2v) is 7.00. The number of aliphatic hydroxyl groups is 1. The Kier molecular flexibility index (Phi) is 8.52. The topological polar surface area (TPSA) is 32.3 Å². The predicted molar refractivity (Wildman–Crippen MR) is 75.2 cm³/mol. The molecule has 98 valence electrons. The number of nitrogens with one attached hydrogen (secondary N) is 1. The molecule has 0 aliphatic heterocycles. The maximum Gasteiger partial charge on any atom is 0.0441 e. The Hall–Kier alpha value is 0.270. The lowest BCUT2D eigenvalue weighted by Crippen LogP contribution is -2.43. The molecule has 0 heterocycles. The Morgan fingerprint density at radius 1 is 1.31 bits per heavy atom. The highest BCUT2D eigenvalue weighted by molar-refractivity contribution is 7.99. The van der Waals surface area contributed by atoms with Gasteiger partial charge >= 0.3 is 0 Å². The smallest absolute Gasteiger partial charge is 0.0441 e. The van der Waals surface area contributed by atoms with E-state index in [9.17, 15) is 0 Å². The average molecular weight is 247 g/mol. The second kappa shape index (κ2) is 8.37. The first kappa shape index (κ1) is 16.3. The lowest BCUT2D eigenvalue weighted by Gasteiger charge is -2.32. The van der Waals surface area contributed by atoms with Gasteiger partial charge in [-0.2, -0.15) is 11.8 Å². The highest BCUT2D eigenvalue weighted by Gasteiger charge is 2.24. The van der Waals surface area contributed by atoms with Crippen molar-refractivity contribution in [1.29, 1.82) is 0 Å². The molecule has 0 rings (SSSR count). The molecule has 0 aromatic heterocycles. The van der Waals surface area contributed by atoms with Gasteiger partial charge in [0.2, 0.25) is 0 Å². The molecule has 0 radical (unpaired) electrons. The molecule has 0 aliphatic carbocycles. The molecule has 16 heavy (non-hydrogen) atoms. The number of aliphatic hydroxyl groups excluding tert-OH is 1. The first-order valence-electron chi connectivity index (χ1n) is 6.37. The molecule has 2 atom stereocenters. The minimum absolute atomic E-state index is 0.302. The van der Waals surface area contributed by atoms with Crippen molar-refractivity contribution in [2.24, 2.45) is 5.41 Å². The van der Waals surface area contributed by atoms with E-state index in [2.05, 4.69) is 39.9 Å². The molecule has 0 bridgehead atoms. The van der Waals surface area contributed by atoms with E-state index in [1.807, 2.05) is 11.8 Å². The van der Waals surface area contributed by atoms with Crippen LogP contribution in [0.15, 0.2) is 0 Å². The number of hydrogen-bond donors (Lipinski definition) is 2. The van der Waals surface area contributed by atoms with Crippen LogP contribution in [-0.4, -0.2) is 35.3 Å². The molecular formula is C13H29NOS. The molecule has 3 heteroatoms. The first-order valence-corrected chi connectivity index (χ1v) is 7.42. The van der Waals surface area contributed by atoms with E-state index < -0.39 is 0 Å². The third-order valence-electron chi connectivity index (χ3n) is 2.77. The molecule has 0 saturated heterocycles. The quantitative estimate of drug-likeness (QED) is 0.692. The van der Waals surface area contributed by atoms with E-state index in [1.165, 1.54) is 6.42 Å². The van der Waals surface area contributed by atoms with Crippen molar-refractivity contribution < 1.29 is 5.11 Å². The van der Waals surface area contributed by atoms with Gasteiger partial charge in [0.1, 0.15) is 0 Å². The molecule has 2 nitrogen and oxygen atoms in total. The van der Waals surface area contributed by atoms with Crippen molar-refractivity contribution in [3.8, 4) is 0 Å². The number of rotatable bonds is 8. The maximum atomic E-state index is 8.87. The van der Waals surface area contributed by atoms with Gasteiger partial charge < -0.3 is 10.4 Å². The summed E-state index contributed by atoms with van der Waals surface area (Å²) in [5.74, 6) is 1.13. The first-order chi connectivity index (χ1) is 7.41. The van der Waals surface area contributed by atoms with Crippen molar-refractivity contribution >= 4 is 11.8 Å². The van der Waals surface area contributed by atoms with Crippen LogP contribution in [-0.2, 0) is 0 Å². The Morgan fingerprint density at radius 2 is 1.94 bits per heavy atom. The van der Waals surface area contributed by atoms with Gasteiger partial charge in [0.05, 0.1) is 0 Å². The fraction of sp³-hybridized carbons (Fsp3) is 1.00. The van der Waals surface area contributed by atoms with Crippen LogP contribution < -0.4 is 5.32 Å². The summed E-state index contributed by atoms with van der Waals surface area (Å²) in [6.07, 6.45) is 2.08. The van der Waals surface area contributed by atoms with Gasteiger partial charge in [0.25, 0.3) is 0 Å². The standard InChI is InChI=1S/C13H29NOS/c1-6-8-14-12(13(3,4)5)10-16-11(2)7-9-15/h11-12,14-15H,6-10H2,1-5H3. The molecule has 0 aromatic rings. The predicted octanol–water partition coefficient (Wildman–Crippen LogP) is 2.90. The summed E-state index contributed by atoms with van der Waals surface area (Å²) in [4.78, 5) is 0. The number of hydrogen-bond acceptors (Lipinski definition) is 3. The Labute approximate surface area is 106 Å². The molecule has 2 N–H and O–H groups in total. The molecule has 0 amide bonds. The minimum atomic E-state index is 0.302. The van der Waals surface area contributed by atoms with Crippen LogP contribution in [0.2, 0.25) is 0 Å². The van der Waals surface area contributed by atoms with E-state index in [4.69, 9.17) is 5.11 Å². The van der Waals surface area contributed by atoms with Gasteiger partial charge in [-0.1, -0.05) is 34.6 Å². The Balaban J connectivity index is 4.01. The molecule has 0 aliphatic rings. The van der Waals surface area contributed by atoms with E-state index in [-0.39, 0.29) is 0 Å². The van der Waals surface area contributed by atoms with Crippen LogP contribution in [0.4, 0.5) is 0 Å².